The first-order valence-electron chi connectivity index (χ1n) is 9.90. The van der Waals surface area contributed by atoms with Gasteiger partial charge in [0, 0.05) is 0 Å². The highest BCUT2D eigenvalue weighted by Crippen LogP contribution is 2.42. The molecule has 1 aliphatic carbocycles. The van der Waals surface area contributed by atoms with Gasteiger partial charge in [-0.25, -0.2) is 0 Å². The molecule has 0 aromatic rings. The number of hydrogen-bond donors (Lipinski definition) is 0. The van der Waals surface area contributed by atoms with Crippen LogP contribution in [-0.2, 0) is 0 Å². The smallest absolute Gasteiger partial charge is 0.0300 e. The van der Waals surface area contributed by atoms with Gasteiger partial charge in [0.1, 0.15) is 0 Å². The minimum atomic E-state index is 0.591. The third kappa shape index (κ3) is 7.20. The summed E-state index contributed by atoms with van der Waals surface area (Å²) in [7, 11) is 0. The molecule has 0 aromatic carbocycles. The van der Waals surface area contributed by atoms with Crippen molar-refractivity contribution in [2.75, 3.05) is 0 Å². The maximum Gasteiger partial charge on any atom is -0.0300 e. The molecule has 0 aromatic heterocycles. The SMILES string of the molecule is CCCCCC(C)C1(C)CCCCCC(C)(C)CCCC1. The molecule has 1 aliphatic rings. The Morgan fingerprint density at radius 1 is 0.762 bits per heavy atom. The van der Waals surface area contributed by atoms with Crippen molar-refractivity contribution in [1.29, 1.82) is 0 Å². The molecule has 0 aliphatic heterocycles. The Morgan fingerprint density at radius 2 is 1.29 bits per heavy atom. The van der Waals surface area contributed by atoms with Gasteiger partial charge in [-0.05, 0) is 42.4 Å². The summed E-state index contributed by atoms with van der Waals surface area (Å²) in [4.78, 5) is 0. The van der Waals surface area contributed by atoms with Gasteiger partial charge in [0.25, 0.3) is 0 Å². The summed E-state index contributed by atoms with van der Waals surface area (Å²) >= 11 is 0. The largest absolute Gasteiger partial charge is 0.0654 e. The summed E-state index contributed by atoms with van der Waals surface area (Å²) in [5, 5.41) is 0. The van der Waals surface area contributed by atoms with Gasteiger partial charge in [0.2, 0.25) is 0 Å². The summed E-state index contributed by atoms with van der Waals surface area (Å²) < 4.78 is 0. The highest BCUT2D eigenvalue weighted by atomic mass is 14.4. The molecule has 21 heavy (non-hydrogen) atoms. The van der Waals surface area contributed by atoms with E-state index in [-0.39, 0.29) is 0 Å². The van der Waals surface area contributed by atoms with Gasteiger partial charge in [0.15, 0.2) is 0 Å². The molecule has 2 unspecified atom stereocenters. The van der Waals surface area contributed by atoms with Gasteiger partial charge in [-0.3, -0.25) is 0 Å². The third-order valence-electron chi connectivity index (χ3n) is 6.38. The van der Waals surface area contributed by atoms with E-state index >= 15 is 0 Å². The fourth-order valence-electron chi connectivity index (χ4n) is 4.23. The van der Waals surface area contributed by atoms with E-state index in [1.54, 1.807) is 0 Å². The van der Waals surface area contributed by atoms with E-state index in [4.69, 9.17) is 0 Å². The number of rotatable bonds is 5. The van der Waals surface area contributed by atoms with E-state index in [9.17, 15) is 0 Å². The van der Waals surface area contributed by atoms with Crippen LogP contribution >= 0.6 is 0 Å². The van der Waals surface area contributed by atoms with Crippen LogP contribution in [0.5, 0.6) is 0 Å². The van der Waals surface area contributed by atoms with Crippen LogP contribution in [0.3, 0.4) is 0 Å². The molecule has 1 rings (SSSR count). The third-order valence-corrected chi connectivity index (χ3v) is 6.38. The van der Waals surface area contributed by atoms with Gasteiger partial charge < -0.3 is 0 Å². The van der Waals surface area contributed by atoms with E-state index in [0.29, 0.717) is 10.8 Å². The normalized spacial score (nSPS) is 29.6. The lowest BCUT2D eigenvalue weighted by molar-refractivity contribution is 0.144. The molecular weight excluding hydrogens is 252 g/mol. The molecule has 0 heteroatoms. The maximum atomic E-state index is 2.60. The summed E-state index contributed by atoms with van der Waals surface area (Å²) in [5.41, 5.74) is 1.20. The highest BCUT2D eigenvalue weighted by Gasteiger charge is 2.30. The predicted octanol–water partition coefficient (Wildman–Crippen LogP) is 7.76. The van der Waals surface area contributed by atoms with Gasteiger partial charge in [-0.1, -0.05) is 92.4 Å². The molecule has 0 spiro atoms. The highest BCUT2D eigenvalue weighted by molar-refractivity contribution is 4.82. The molecule has 2 atom stereocenters. The van der Waals surface area contributed by atoms with Crippen LogP contribution in [0.25, 0.3) is 0 Å². The van der Waals surface area contributed by atoms with Gasteiger partial charge in [0.05, 0.1) is 0 Å². The van der Waals surface area contributed by atoms with Crippen LogP contribution in [0.4, 0.5) is 0 Å². The standard InChI is InChI=1S/C21H42/c1-6-7-9-14-19(2)21(5)17-11-8-10-15-20(3,4)16-12-13-18-21/h19H,6-18H2,1-5H3. The molecule has 126 valence electrons. The predicted molar refractivity (Wildman–Crippen MR) is 96.7 cm³/mol. The first-order valence-corrected chi connectivity index (χ1v) is 9.90. The van der Waals surface area contributed by atoms with Crippen molar-refractivity contribution in [2.45, 2.75) is 118 Å². The fourth-order valence-corrected chi connectivity index (χ4v) is 4.23. The zero-order valence-electron chi connectivity index (χ0n) is 15.8. The maximum absolute atomic E-state index is 2.60. The van der Waals surface area contributed by atoms with Gasteiger partial charge in [-0.2, -0.15) is 0 Å². The Labute approximate surface area is 135 Å². The monoisotopic (exact) mass is 294 g/mol. The molecule has 0 N–H and O–H groups in total. The van der Waals surface area contributed by atoms with Crippen molar-refractivity contribution >= 4 is 0 Å². The second-order valence-corrected chi connectivity index (χ2v) is 8.98. The van der Waals surface area contributed by atoms with Crippen LogP contribution in [0.15, 0.2) is 0 Å². The molecule has 0 amide bonds. The zero-order valence-corrected chi connectivity index (χ0v) is 15.8. The molecule has 0 nitrogen and oxygen atoms in total. The minimum Gasteiger partial charge on any atom is -0.0654 e. The summed E-state index contributed by atoms with van der Waals surface area (Å²) in [6.07, 6.45) is 18.8. The Balaban J connectivity index is 2.54. The van der Waals surface area contributed by atoms with Gasteiger partial charge in [-0.15, -0.1) is 0 Å². The van der Waals surface area contributed by atoms with Crippen molar-refractivity contribution in [1.82, 2.24) is 0 Å². The van der Waals surface area contributed by atoms with E-state index < -0.39 is 0 Å². The van der Waals surface area contributed by atoms with Crippen LogP contribution in [-0.4, -0.2) is 0 Å². The lowest BCUT2D eigenvalue weighted by Gasteiger charge is -2.36. The minimum absolute atomic E-state index is 0.591. The quantitative estimate of drug-likeness (QED) is 0.454. The second-order valence-electron chi connectivity index (χ2n) is 8.98. The molecule has 0 saturated heterocycles. The lowest BCUT2D eigenvalue weighted by atomic mass is 9.69. The Bertz CT molecular complexity index is 265. The van der Waals surface area contributed by atoms with E-state index in [1.165, 1.54) is 83.5 Å². The molecule has 0 radical (unpaired) electrons. The summed E-state index contributed by atoms with van der Waals surface area (Å²) in [6, 6.07) is 0. The van der Waals surface area contributed by atoms with Crippen LogP contribution in [0, 0.1) is 16.7 Å². The molecular formula is C21H42. The molecule has 1 fully saturated rings. The molecule has 0 heterocycles. The van der Waals surface area contributed by atoms with Gasteiger partial charge >= 0.3 is 0 Å². The van der Waals surface area contributed by atoms with Crippen molar-refractivity contribution < 1.29 is 0 Å². The second kappa shape index (κ2) is 9.21. The van der Waals surface area contributed by atoms with Crippen molar-refractivity contribution in [2.24, 2.45) is 16.7 Å². The van der Waals surface area contributed by atoms with Crippen molar-refractivity contribution in [3.63, 3.8) is 0 Å². The average Bonchev–Trinajstić information content (AvgIpc) is 2.45. The van der Waals surface area contributed by atoms with E-state index in [1.807, 2.05) is 0 Å². The first-order chi connectivity index (χ1) is 9.90. The number of hydrogen-bond acceptors (Lipinski definition) is 0. The average molecular weight is 295 g/mol. The summed E-state index contributed by atoms with van der Waals surface area (Å²) in [5.74, 6) is 0.915. The summed E-state index contributed by atoms with van der Waals surface area (Å²) in [6.45, 7) is 12.4. The first kappa shape index (κ1) is 19.0. The van der Waals surface area contributed by atoms with Crippen LogP contribution in [0.2, 0.25) is 0 Å². The lowest BCUT2D eigenvalue weighted by Crippen LogP contribution is -2.25. The van der Waals surface area contributed by atoms with Crippen molar-refractivity contribution in [3.8, 4) is 0 Å². The van der Waals surface area contributed by atoms with Crippen LogP contribution in [0.1, 0.15) is 118 Å². The number of unbranched alkanes of at least 4 members (excludes halogenated alkanes) is 2. The van der Waals surface area contributed by atoms with Crippen molar-refractivity contribution in [3.05, 3.63) is 0 Å². The van der Waals surface area contributed by atoms with E-state index in [0.717, 1.165) is 5.92 Å². The fraction of sp³-hybridized carbons (Fsp3) is 1.00. The Hall–Kier alpha value is 0. The topological polar surface area (TPSA) is 0 Å². The zero-order chi connectivity index (χ0) is 15.8. The Morgan fingerprint density at radius 3 is 1.90 bits per heavy atom. The molecule has 1 saturated carbocycles. The van der Waals surface area contributed by atoms with Crippen LogP contribution < -0.4 is 0 Å². The van der Waals surface area contributed by atoms with E-state index in [2.05, 4.69) is 34.6 Å². The molecule has 0 bridgehead atoms. The Kier molecular flexibility index (Phi) is 8.35.